The summed E-state index contributed by atoms with van der Waals surface area (Å²) in [7, 11) is 0. The predicted octanol–water partition coefficient (Wildman–Crippen LogP) is 3.73. The number of nitrogens with zero attached hydrogens (tertiary/aromatic N) is 2. The molecule has 0 saturated heterocycles. The number of aryl methyl sites for hydroxylation is 1. The fraction of sp³-hybridized carbons (Fsp3) is 0.211. The van der Waals surface area contributed by atoms with Crippen molar-refractivity contribution in [2.75, 3.05) is 0 Å². The van der Waals surface area contributed by atoms with E-state index in [1.807, 2.05) is 26.0 Å². The number of nitrogens with one attached hydrogen (secondary N) is 1. The van der Waals surface area contributed by atoms with E-state index >= 15 is 0 Å². The van der Waals surface area contributed by atoms with Crippen LogP contribution in [0, 0.1) is 18.6 Å². The van der Waals surface area contributed by atoms with Gasteiger partial charge >= 0.3 is 0 Å². The molecule has 0 fully saturated rings. The van der Waals surface area contributed by atoms with E-state index in [4.69, 9.17) is 9.26 Å². The number of aromatic nitrogens is 2. The number of hydrogen-bond donors (Lipinski definition) is 1. The molecule has 0 saturated carbocycles. The standard InChI is InChI=1S/C19H17F2N3O3/c1-11-4-3-7-22-18(11)12(2)23-19(25)17-9-14(27-24-17)10-26-13-5-6-15(20)16(21)8-13/h3-9,12H,10H2,1-2H3,(H,23,25)/t12-/m1/s1. The Morgan fingerprint density at radius 1 is 1.26 bits per heavy atom. The number of ether oxygens (including phenoxy) is 1. The molecule has 27 heavy (non-hydrogen) atoms. The average molecular weight is 373 g/mol. The molecular weight excluding hydrogens is 356 g/mol. The first-order chi connectivity index (χ1) is 12.9. The van der Waals surface area contributed by atoms with Crippen molar-refractivity contribution in [1.82, 2.24) is 15.5 Å². The molecule has 1 N–H and O–H groups in total. The maximum atomic E-state index is 13.2. The normalized spacial score (nSPS) is 11.9. The minimum absolute atomic E-state index is 0.0827. The topological polar surface area (TPSA) is 77.2 Å². The summed E-state index contributed by atoms with van der Waals surface area (Å²) >= 11 is 0. The molecule has 3 aromatic rings. The number of rotatable bonds is 6. The molecular formula is C19H17F2N3O3. The average Bonchev–Trinajstić information content (AvgIpc) is 3.12. The summed E-state index contributed by atoms with van der Waals surface area (Å²) in [5.74, 6) is -1.99. The largest absolute Gasteiger partial charge is 0.485 e. The summed E-state index contributed by atoms with van der Waals surface area (Å²) < 4.78 is 36.4. The third kappa shape index (κ3) is 4.46. The highest BCUT2D eigenvalue weighted by Gasteiger charge is 2.18. The maximum Gasteiger partial charge on any atom is 0.274 e. The monoisotopic (exact) mass is 373 g/mol. The molecule has 1 aromatic carbocycles. The Hall–Kier alpha value is -3.29. The fourth-order valence-corrected chi connectivity index (χ4v) is 2.50. The summed E-state index contributed by atoms with van der Waals surface area (Å²) in [6, 6.07) is 8.03. The number of halogens is 2. The third-order valence-corrected chi connectivity index (χ3v) is 3.87. The Morgan fingerprint density at radius 3 is 2.81 bits per heavy atom. The van der Waals surface area contributed by atoms with E-state index in [1.165, 1.54) is 12.1 Å². The van der Waals surface area contributed by atoms with E-state index in [2.05, 4.69) is 15.5 Å². The number of amides is 1. The first-order valence-electron chi connectivity index (χ1n) is 8.20. The Bertz CT molecular complexity index is 959. The molecule has 1 amide bonds. The number of carbonyl (C=O) groups is 1. The first-order valence-corrected chi connectivity index (χ1v) is 8.20. The lowest BCUT2D eigenvalue weighted by Crippen LogP contribution is -2.28. The van der Waals surface area contributed by atoms with Crippen molar-refractivity contribution in [2.24, 2.45) is 0 Å². The highest BCUT2D eigenvalue weighted by Crippen LogP contribution is 2.18. The van der Waals surface area contributed by atoms with Crippen molar-refractivity contribution in [3.63, 3.8) is 0 Å². The lowest BCUT2D eigenvalue weighted by Gasteiger charge is -2.14. The zero-order valence-electron chi connectivity index (χ0n) is 14.7. The molecule has 0 aliphatic rings. The van der Waals surface area contributed by atoms with Crippen molar-refractivity contribution in [1.29, 1.82) is 0 Å². The van der Waals surface area contributed by atoms with E-state index in [-0.39, 0.29) is 29.9 Å². The molecule has 1 atom stereocenters. The van der Waals surface area contributed by atoms with Gasteiger partial charge in [-0.15, -0.1) is 0 Å². The SMILES string of the molecule is Cc1cccnc1[C@@H](C)NC(=O)c1cc(COc2ccc(F)c(F)c2)on1. The quantitative estimate of drug-likeness (QED) is 0.712. The third-order valence-electron chi connectivity index (χ3n) is 3.87. The van der Waals surface area contributed by atoms with Crippen molar-refractivity contribution in [2.45, 2.75) is 26.5 Å². The van der Waals surface area contributed by atoms with Crippen LogP contribution in [0.5, 0.6) is 5.75 Å². The Labute approximate surface area is 154 Å². The van der Waals surface area contributed by atoms with Gasteiger partial charge in [0.1, 0.15) is 12.4 Å². The van der Waals surface area contributed by atoms with Gasteiger partial charge in [-0.25, -0.2) is 8.78 Å². The van der Waals surface area contributed by atoms with Crippen LogP contribution in [0.4, 0.5) is 8.78 Å². The van der Waals surface area contributed by atoms with Crippen molar-refractivity contribution in [3.05, 3.63) is 76.9 Å². The van der Waals surface area contributed by atoms with Crippen LogP contribution in [0.25, 0.3) is 0 Å². The molecule has 0 radical (unpaired) electrons. The molecule has 8 heteroatoms. The summed E-state index contributed by atoms with van der Waals surface area (Å²) in [6.07, 6.45) is 1.66. The molecule has 3 rings (SSSR count). The fourth-order valence-electron chi connectivity index (χ4n) is 2.50. The van der Waals surface area contributed by atoms with E-state index in [0.29, 0.717) is 0 Å². The van der Waals surface area contributed by atoms with Gasteiger partial charge < -0.3 is 14.6 Å². The number of pyridine rings is 1. The second-order valence-corrected chi connectivity index (χ2v) is 5.94. The van der Waals surface area contributed by atoms with Crippen LogP contribution in [-0.4, -0.2) is 16.0 Å². The van der Waals surface area contributed by atoms with Crippen LogP contribution in [0.15, 0.2) is 47.1 Å². The lowest BCUT2D eigenvalue weighted by molar-refractivity contribution is 0.0929. The highest BCUT2D eigenvalue weighted by atomic mass is 19.2. The molecule has 6 nitrogen and oxygen atoms in total. The summed E-state index contributed by atoms with van der Waals surface area (Å²) in [5.41, 5.74) is 1.81. The molecule has 0 unspecified atom stereocenters. The molecule has 0 aliphatic carbocycles. The van der Waals surface area contributed by atoms with E-state index in [9.17, 15) is 13.6 Å². The van der Waals surface area contributed by atoms with Gasteiger partial charge in [-0.2, -0.15) is 0 Å². The van der Waals surface area contributed by atoms with E-state index in [0.717, 1.165) is 23.4 Å². The molecule has 2 aromatic heterocycles. The molecule has 2 heterocycles. The van der Waals surface area contributed by atoms with E-state index < -0.39 is 17.5 Å². The predicted molar refractivity (Wildman–Crippen MR) is 92.0 cm³/mol. The number of carbonyl (C=O) groups excluding carboxylic acids is 1. The summed E-state index contributed by atoms with van der Waals surface area (Å²) in [6.45, 7) is 3.65. The minimum Gasteiger partial charge on any atom is -0.485 e. The smallest absolute Gasteiger partial charge is 0.274 e. The van der Waals surface area contributed by atoms with Gasteiger partial charge in [0.25, 0.3) is 5.91 Å². The van der Waals surface area contributed by atoms with Crippen LogP contribution in [0.2, 0.25) is 0 Å². The lowest BCUT2D eigenvalue weighted by atomic mass is 10.1. The van der Waals surface area contributed by atoms with Gasteiger partial charge in [0.2, 0.25) is 0 Å². The van der Waals surface area contributed by atoms with Crippen LogP contribution < -0.4 is 10.1 Å². The summed E-state index contributed by atoms with van der Waals surface area (Å²) in [5, 5.41) is 6.51. The van der Waals surface area contributed by atoms with E-state index in [1.54, 1.807) is 6.20 Å². The summed E-state index contributed by atoms with van der Waals surface area (Å²) in [4.78, 5) is 16.6. The van der Waals surface area contributed by atoms with Crippen molar-refractivity contribution >= 4 is 5.91 Å². The molecule has 140 valence electrons. The van der Waals surface area contributed by atoms with Crippen LogP contribution in [0.3, 0.4) is 0 Å². The minimum atomic E-state index is -1.01. The highest BCUT2D eigenvalue weighted by molar-refractivity contribution is 5.92. The van der Waals surface area contributed by atoms with Crippen LogP contribution in [0.1, 0.15) is 40.5 Å². The van der Waals surface area contributed by atoms with Crippen LogP contribution in [-0.2, 0) is 6.61 Å². The van der Waals surface area contributed by atoms with Crippen LogP contribution >= 0.6 is 0 Å². The van der Waals surface area contributed by atoms with Gasteiger partial charge in [0.15, 0.2) is 23.1 Å². The van der Waals surface area contributed by atoms with Gasteiger partial charge in [-0.1, -0.05) is 11.2 Å². The van der Waals surface area contributed by atoms with Crippen molar-refractivity contribution < 1.29 is 22.8 Å². The van der Waals surface area contributed by atoms with Gasteiger partial charge in [0, 0.05) is 18.3 Å². The number of hydrogen-bond acceptors (Lipinski definition) is 5. The molecule has 0 bridgehead atoms. The van der Waals surface area contributed by atoms with Gasteiger partial charge in [-0.3, -0.25) is 9.78 Å². The first kappa shape index (κ1) is 18.5. The zero-order chi connectivity index (χ0) is 19.4. The Kier molecular flexibility index (Phi) is 5.44. The second kappa shape index (κ2) is 7.94. The maximum absolute atomic E-state index is 13.2. The molecule has 0 aliphatic heterocycles. The Morgan fingerprint density at radius 2 is 2.07 bits per heavy atom. The zero-order valence-corrected chi connectivity index (χ0v) is 14.7. The Balaban J connectivity index is 1.60. The molecule has 0 spiro atoms. The van der Waals surface area contributed by atoms with Gasteiger partial charge in [0.05, 0.1) is 11.7 Å². The van der Waals surface area contributed by atoms with Gasteiger partial charge in [-0.05, 0) is 37.6 Å². The second-order valence-electron chi connectivity index (χ2n) is 5.94. The van der Waals surface area contributed by atoms with Crippen molar-refractivity contribution in [3.8, 4) is 5.75 Å². The number of benzene rings is 1.